The summed E-state index contributed by atoms with van der Waals surface area (Å²) in [7, 11) is -4.04. The molecule has 6 nitrogen and oxygen atoms in total. The fourth-order valence-corrected chi connectivity index (χ4v) is 2.01. The Morgan fingerprint density at radius 1 is 1.53 bits per heavy atom. The average Bonchev–Trinajstić information content (AvgIpc) is 2.68. The van der Waals surface area contributed by atoms with E-state index in [4.69, 9.17) is 5.14 Å². The molecule has 0 unspecified atom stereocenters. The molecule has 19 heavy (non-hydrogen) atoms. The Bertz CT molecular complexity index is 554. The highest BCUT2D eigenvalue weighted by molar-refractivity contribution is 7.89. The zero-order valence-electron chi connectivity index (χ0n) is 10.3. The van der Waals surface area contributed by atoms with Gasteiger partial charge in [-0.05, 0) is 12.5 Å². The molecule has 1 rings (SSSR count). The second kappa shape index (κ2) is 6.11. The molecule has 9 heteroatoms. The van der Waals surface area contributed by atoms with Gasteiger partial charge in [0.05, 0.1) is 6.54 Å². The summed E-state index contributed by atoms with van der Waals surface area (Å²) in [5.41, 5.74) is -0.155. The number of nitrogens with zero attached hydrogens (tertiary/aromatic N) is 1. The number of alkyl halides is 2. The summed E-state index contributed by atoms with van der Waals surface area (Å²) in [5.74, 6) is -0.614. The summed E-state index contributed by atoms with van der Waals surface area (Å²) in [6, 6.07) is 0.989. The number of hydrogen-bond acceptors (Lipinski definition) is 3. The third-order valence-electron chi connectivity index (χ3n) is 2.30. The molecule has 108 valence electrons. The van der Waals surface area contributed by atoms with Gasteiger partial charge in [-0.3, -0.25) is 4.79 Å². The normalized spacial score (nSPS) is 11.8. The molecule has 1 aromatic heterocycles. The van der Waals surface area contributed by atoms with Gasteiger partial charge in [0.25, 0.3) is 12.3 Å². The molecule has 1 amide bonds. The van der Waals surface area contributed by atoms with E-state index in [0.717, 1.165) is 16.8 Å². The third kappa shape index (κ3) is 4.28. The maximum absolute atomic E-state index is 12.4. The van der Waals surface area contributed by atoms with Crippen LogP contribution in [0.25, 0.3) is 0 Å². The van der Waals surface area contributed by atoms with E-state index in [9.17, 15) is 22.0 Å². The SMILES string of the molecule is CCCNC(=O)c1cc(S(N)(=O)=O)cn1CC(F)F. The molecular weight excluding hydrogens is 280 g/mol. The van der Waals surface area contributed by atoms with Crippen molar-refractivity contribution in [2.75, 3.05) is 6.54 Å². The number of aromatic nitrogens is 1. The molecule has 0 bridgehead atoms. The van der Waals surface area contributed by atoms with Gasteiger partial charge in [0.15, 0.2) is 0 Å². The highest BCUT2D eigenvalue weighted by atomic mass is 32.2. The highest BCUT2D eigenvalue weighted by Gasteiger charge is 2.20. The number of nitrogens with one attached hydrogen (secondary N) is 1. The average molecular weight is 295 g/mol. The Morgan fingerprint density at radius 3 is 2.63 bits per heavy atom. The van der Waals surface area contributed by atoms with Crippen molar-refractivity contribution < 1.29 is 22.0 Å². The van der Waals surface area contributed by atoms with E-state index >= 15 is 0 Å². The molecule has 0 aliphatic rings. The number of amides is 1. The number of rotatable bonds is 6. The van der Waals surface area contributed by atoms with Crippen LogP contribution < -0.4 is 10.5 Å². The monoisotopic (exact) mass is 295 g/mol. The molecule has 0 aromatic carbocycles. The predicted octanol–water partition coefficient (Wildman–Crippen LogP) is 0.540. The van der Waals surface area contributed by atoms with E-state index in [1.54, 1.807) is 0 Å². The Balaban J connectivity index is 3.12. The number of carbonyl (C=O) groups excluding carboxylic acids is 1. The van der Waals surface area contributed by atoms with Crippen molar-refractivity contribution in [2.45, 2.75) is 31.2 Å². The van der Waals surface area contributed by atoms with Gasteiger partial charge in [0, 0.05) is 12.7 Å². The smallest absolute Gasteiger partial charge is 0.267 e. The summed E-state index contributed by atoms with van der Waals surface area (Å²) in [6.07, 6.45) is -1.11. The fraction of sp³-hybridized carbons (Fsp3) is 0.500. The Kier molecular flexibility index (Phi) is 5.01. The van der Waals surface area contributed by atoms with Crippen LogP contribution in [0.3, 0.4) is 0 Å². The standard InChI is InChI=1S/C10H15F2N3O3S/c1-2-3-14-10(16)8-4-7(19(13,17)18)5-15(8)6-9(11)12/h4-5,9H,2-3,6H2,1H3,(H,14,16)(H2,13,17,18). The van der Waals surface area contributed by atoms with E-state index in [1.807, 2.05) is 6.92 Å². The quantitative estimate of drug-likeness (QED) is 0.802. The van der Waals surface area contributed by atoms with Crippen LogP contribution in [0.15, 0.2) is 17.2 Å². The largest absolute Gasteiger partial charge is 0.351 e. The first-order valence-corrected chi connectivity index (χ1v) is 7.09. The maximum atomic E-state index is 12.4. The van der Waals surface area contributed by atoms with Crippen LogP contribution >= 0.6 is 0 Å². The molecule has 3 N–H and O–H groups in total. The number of nitrogens with two attached hydrogens (primary N) is 1. The maximum Gasteiger partial charge on any atom is 0.267 e. The van der Waals surface area contributed by atoms with Crippen molar-refractivity contribution in [3.05, 3.63) is 18.0 Å². The van der Waals surface area contributed by atoms with Crippen molar-refractivity contribution in [2.24, 2.45) is 5.14 Å². The van der Waals surface area contributed by atoms with E-state index in [-0.39, 0.29) is 10.6 Å². The molecular formula is C10H15F2N3O3S. The van der Waals surface area contributed by atoms with Crippen LogP contribution in [0.5, 0.6) is 0 Å². The van der Waals surface area contributed by atoms with Gasteiger partial charge < -0.3 is 9.88 Å². The lowest BCUT2D eigenvalue weighted by atomic mass is 10.3. The lowest BCUT2D eigenvalue weighted by Gasteiger charge is -2.08. The minimum absolute atomic E-state index is 0.155. The van der Waals surface area contributed by atoms with Crippen molar-refractivity contribution >= 4 is 15.9 Å². The van der Waals surface area contributed by atoms with E-state index in [2.05, 4.69) is 5.32 Å². The Labute approximate surface area is 109 Å². The second-order valence-corrected chi connectivity index (χ2v) is 5.47. The molecule has 1 aromatic rings. The number of halogens is 2. The zero-order chi connectivity index (χ0) is 14.6. The molecule has 0 saturated heterocycles. The first-order valence-electron chi connectivity index (χ1n) is 5.55. The van der Waals surface area contributed by atoms with E-state index in [0.29, 0.717) is 13.0 Å². The summed E-state index contributed by atoms with van der Waals surface area (Å²) in [4.78, 5) is 11.4. The highest BCUT2D eigenvalue weighted by Crippen LogP contribution is 2.15. The van der Waals surface area contributed by atoms with Gasteiger partial charge >= 0.3 is 0 Å². The topological polar surface area (TPSA) is 94.2 Å². The Morgan fingerprint density at radius 2 is 2.16 bits per heavy atom. The van der Waals surface area contributed by atoms with Crippen molar-refractivity contribution in [1.29, 1.82) is 0 Å². The van der Waals surface area contributed by atoms with Crippen LogP contribution in [0, 0.1) is 0 Å². The van der Waals surface area contributed by atoms with Crippen molar-refractivity contribution in [1.82, 2.24) is 9.88 Å². The van der Waals surface area contributed by atoms with E-state index < -0.39 is 28.9 Å². The first-order chi connectivity index (χ1) is 8.75. The number of hydrogen-bond donors (Lipinski definition) is 2. The fourth-order valence-electron chi connectivity index (χ4n) is 1.46. The van der Waals surface area contributed by atoms with Crippen molar-refractivity contribution in [3.63, 3.8) is 0 Å². The number of carbonyl (C=O) groups is 1. The summed E-state index contributed by atoms with van der Waals surface area (Å²) < 4.78 is 48.0. The molecule has 0 fully saturated rings. The summed E-state index contributed by atoms with van der Waals surface area (Å²) in [6.45, 7) is 1.42. The molecule has 0 spiro atoms. The van der Waals surface area contributed by atoms with Crippen LogP contribution in [0.2, 0.25) is 0 Å². The zero-order valence-corrected chi connectivity index (χ0v) is 11.1. The van der Waals surface area contributed by atoms with Crippen LogP contribution in [-0.2, 0) is 16.6 Å². The number of sulfonamides is 1. The van der Waals surface area contributed by atoms with Gasteiger partial charge in [-0.1, -0.05) is 6.92 Å². The molecule has 1 heterocycles. The van der Waals surface area contributed by atoms with Crippen molar-refractivity contribution in [3.8, 4) is 0 Å². The molecule has 0 aliphatic carbocycles. The predicted molar refractivity (Wildman–Crippen MR) is 64.4 cm³/mol. The molecule has 0 radical (unpaired) electrons. The lowest BCUT2D eigenvalue weighted by molar-refractivity contribution is 0.0930. The Hall–Kier alpha value is -1.48. The minimum Gasteiger partial charge on any atom is -0.351 e. The first kappa shape index (κ1) is 15.6. The molecule has 0 aliphatic heterocycles. The molecule has 0 saturated carbocycles. The van der Waals surface area contributed by atoms with Gasteiger partial charge in [0.1, 0.15) is 10.6 Å². The second-order valence-electron chi connectivity index (χ2n) is 3.91. The molecule has 0 atom stereocenters. The third-order valence-corrected chi connectivity index (χ3v) is 3.18. The van der Waals surface area contributed by atoms with Crippen LogP contribution in [0.4, 0.5) is 8.78 Å². The van der Waals surface area contributed by atoms with E-state index in [1.165, 1.54) is 0 Å². The van der Waals surface area contributed by atoms with Crippen LogP contribution in [0.1, 0.15) is 23.8 Å². The number of primary sulfonamides is 1. The summed E-state index contributed by atoms with van der Waals surface area (Å²) in [5, 5.41) is 7.40. The van der Waals surface area contributed by atoms with Gasteiger partial charge in [-0.15, -0.1) is 0 Å². The minimum atomic E-state index is -4.04. The van der Waals surface area contributed by atoms with Crippen LogP contribution in [-0.4, -0.2) is 31.9 Å². The summed E-state index contributed by atoms with van der Waals surface area (Å²) >= 11 is 0. The van der Waals surface area contributed by atoms with Gasteiger partial charge in [0.2, 0.25) is 10.0 Å². The van der Waals surface area contributed by atoms with Gasteiger partial charge in [-0.25, -0.2) is 22.3 Å². The van der Waals surface area contributed by atoms with Gasteiger partial charge in [-0.2, -0.15) is 0 Å². The lowest BCUT2D eigenvalue weighted by Crippen LogP contribution is -2.27.